The second kappa shape index (κ2) is 11.5. The Morgan fingerprint density at radius 1 is 1.06 bits per heavy atom. The number of aromatic nitrogens is 3. The van der Waals surface area contributed by atoms with Gasteiger partial charge in [0.1, 0.15) is 5.82 Å². The number of thiazole rings is 1. The van der Waals surface area contributed by atoms with Crippen molar-refractivity contribution in [1.29, 1.82) is 0 Å². The highest BCUT2D eigenvalue weighted by Gasteiger charge is 2.19. The minimum absolute atomic E-state index is 0.250. The summed E-state index contributed by atoms with van der Waals surface area (Å²) in [5.74, 6) is -0.388. The van der Waals surface area contributed by atoms with Gasteiger partial charge in [-0.3, -0.25) is 0 Å². The summed E-state index contributed by atoms with van der Waals surface area (Å²) in [6.45, 7) is 6.14. The molecule has 0 aliphatic carbocycles. The van der Waals surface area contributed by atoms with Crippen LogP contribution in [0.25, 0.3) is 27.5 Å². The monoisotopic (exact) mass is 555 g/mol. The van der Waals surface area contributed by atoms with E-state index in [4.69, 9.17) is 49.4 Å². The summed E-state index contributed by atoms with van der Waals surface area (Å²) < 4.78 is 16.6. The zero-order chi connectivity index (χ0) is 25.0. The van der Waals surface area contributed by atoms with Gasteiger partial charge in [-0.25, -0.2) is 14.1 Å². The molecule has 0 saturated carbocycles. The van der Waals surface area contributed by atoms with Crippen LogP contribution in [0.2, 0.25) is 15.1 Å². The van der Waals surface area contributed by atoms with Crippen LogP contribution >= 0.6 is 57.9 Å². The first-order chi connectivity index (χ1) is 16.1. The highest BCUT2D eigenvalue weighted by molar-refractivity contribution is 8.01. The van der Waals surface area contributed by atoms with E-state index in [-0.39, 0.29) is 12.0 Å². The molecule has 2 heterocycles. The number of carbonyl (C=O) groups excluding carboxylic acids is 2. The van der Waals surface area contributed by atoms with Crippen molar-refractivity contribution in [2.24, 2.45) is 0 Å². The summed E-state index contributed by atoms with van der Waals surface area (Å²) in [5, 5.41) is 7.02. The van der Waals surface area contributed by atoms with Crippen LogP contribution in [0.4, 0.5) is 4.39 Å². The quantitative estimate of drug-likeness (QED) is 0.233. The molecule has 34 heavy (non-hydrogen) atoms. The molecule has 2 aromatic heterocycles. The maximum Gasteiger partial charge on any atom is 0.373 e. The molecule has 0 amide bonds. The van der Waals surface area contributed by atoms with Crippen molar-refractivity contribution >= 4 is 64.1 Å². The minimum atomic E-state index is -0.388. The molecule has 0 spiro atoms. The lowest BCUT2D eigenvalue weighted by Gasteiger charge is -2.05. The maximum absolute atomic E-state index is 13.9. The number of halogens is 4. The van der Waals surface area contributed by atoms with Crippen molar-refractivity contribution < 1.29 is 14.0 Å². The number of nitrogens with zero attached hydrogens (tertiary/aromatic N) is 3. The van der Waals surface area contributed by atoms with Gasteiger partial charge in [0, 0.05) is 27.6 Å². The largest absolute Gasteiger partial charge is 0.373 e. The van der Waals surface area contributed by atoms with Crippen molar-refractivity contribution in [3.8, 4) is 27.5 Å². The Hall–Kier alpha value is -2.19. The van der Waals surface area contributed by atoms with Gasteiger partial charge >= 0.3 is 6.15 Å². The number of thioether (sulfide) groups is 1. The second-order valence-corrected chi connectivity index (χ2v) is 11.3. The Morgan fingerprint density at radius 2 is 1.76 bits per heavy atom. The average Bonchev–Trinajstić information content (AvgIpc) is 3.33. The third-order valence-corrected chi connectivity index (χ3v) is 7.60. The summed E-state index contributed by atoms with van der Waals surface area (Å²) in [7, 11) is 0. The molecule has 2 aromatic carbocycles. The van der Waals surface area contributed by atoms with Crippen LogP contribution in [0.5, 0.6) is 0 Å². The van der Waals surface area contributed by atoms with E-state index in [2.05, 4.69) is 18.9 Å². The lowest BCUT2D eigenvalue weighted by molar-refractivity contribution is -0.191. The third-order valence-electron chi connectivity index (χ3n) is 4.39. The Morgan fingerprint density at radius 3 is 2.38 bits per heavy atom. The van der Waals surface area contributed by atoms with Crippen molar-refractivity contribution in [3.05, 3.63) is 69.2 Å². The molecule has 4 aromatic rings. The van der Waals surface area contributed by atoms with Crippen molar-refractivity contribution in [3.63, 3.8) is 0 Å². The van der Waals surface area contributed by atoms with Crippen LogP contribution in [0.15, 0.2) is 46.8 Å². The number of hydrogen-bond donors (Lipinski definition) is 0. The first kappa shape index (κ1) is 26.4. The molecular weight excluding hydrogens is 540 g/mol. The standard InChI is InChI=1S/C22H17Cl3FN3S2.CO2/c1-11(2)30-21-20(13-4-5-18(24)19(25)8-13)27-22(31-21)29-10-17(12(3)28-29)14-6-15(23)9-16(26)7-14;2-1-3/h4-11H,1-3H3;. The lowest BCUT2D eigenvalue weighted by Crippen LogP contribution is -1.94. The zero-order valence-electron chi connectivity index (χ0n) is 18.1. The Balaban J connectivity index is 0.00000103. The van der Waals surface area contributed by atoms with E-state index in [1.165, 1.54) is 12.1 Å². The van der Waals surface area contributed by atoms with E-state index >= 15 is 0 Å². The van der Waals surface area contributed by atoms with Gasteiger partial charge in [-0.05, 0) is 42.8 Å². The number of aryl methyl sites for hydroxylation is 1. The SMILES string of the molecule is Cc1nn(-c2nc(-c3ccc(Cl)c(Cl)c3)c(SC(C)C)s2)cc1-c1cc(F)cc(Cl)c1.O=C=O. The van der Waals surface area contributed by atoms with E-state index in [9.17, 15) is 4.39 Å². The predicted octanol–water partition coefficient (Wildman–Crippen LogP) is 7.99. The second-order valence-electron chi connectivity index (χ2n) is 7.24. The van der Waals surface area contributed by atoms with Gasteiger partial charge in [-0.2, -0.15) is 14.7 Å². The molecule has 176 valence electrons. The van der Waals surface area contributed by atoms with Crippen LogP contribution in [-0.4, -0.2) is 26.2 Å². The average molecular weight is 557 g/mol. The molecular formula is C23H17Cl3FN3O2S2. The van der Waals surface area contributed by atoms with Crippen molar-refractivity contribution in [1.82, 2.24) is 14.8 Å². The van der Waals surface area contributed by atoms with E-state index in [0.717, 1.165) is 26.7 Å². The van der Waals surface area contributed by atoms with Gasteiger partial charge in [-0.1, -0.05) is 66.1 Å². The van der Waals surface area contributed by atoms with Crippen LogP contribution in [0.3, 0.4) is 0 Å². The molecule has 0 aliphatic heterocycles. The van der Waals surface area contributed by atoms with Gasteiger partial charge in [0.2, 0.25) is 5.13 Å². The maximum atomic E-state index is 13.9. The Bertz CT molecular complexity index is 1350. The van der Waals surface area contributed by atoms with Crippen LogP contribution in [-0.2, 0) is 9.59 Å². The first-order valence-corrected chi connectivity index (χ1v) is 12.6. The van der Waals surface area contributed by atoms with Crippen LogP contribution in [0.1, 0.15) is 19.5 Å². The summed E-state index contributed by atoms with van der Waals surface area (Å²) in [4.78, 5) is 21.1. The minimum Gasteiger partial charge on any atom is -0.217 e. The topological polar surface area (TPSA) is 64.8 Å². The van der Waals surface area contributed by atoms with E-state index < -0.39 is 0 Å². The van der Waals surface area contributed by atoms with E-state index in [1.54, 1.807) is 39.9 Å². The molecule has 0 N–H and O–H groups in total. The number of benzene rings is 2. The van der Waals surface area contributed by atoms with Gasteiger partial charge in [0.15, 0.2) is 0 Å². The summed E-state index contributed by atoms with van der Waals surface area (Å²) >= 11 is 21.6. The smallest absolute Gasteiger partial charge is 0.217 e. The number of hydrogen-bond acceptors (Lipinski definition) is 6. The number of rotatable bonds is 5. The van der Waals surface area contributed by atoms with E-state index in [1.807, 2.05) is 25.3 Å². The fourth-order valence-corrected chi connectivity index (χ4v) is 6.03. The highest BCUT2D eigenvalue weighted by atomic mass is 35.5. The van der Waals surface area contributed by atoms with Gasteiger partial charge in [-0.15, -0.1) is 11.8 Å². The normalized spacial score (nSPS) is 10.7. The molecule has 5 nitrogen and oxygen atoms in total. The molecule has 0 atom stereocenters. The fraction of sp³-hybridized carbons (Fsp3) is 0.174. The summed E-state index contributed by atoms with van der Waals surface area (Å²) in [6, 6.07) is 9.95. The van der Waals surface area contributed by atoms with Gasteiger partial charge < -0.3 is 0 Å². The Kier molecular flexibility index (Phi) is 8.93. The van der Waals surface area contributed by atoms with Crippen molar-refractivity contribution in [2.75, 3.05) is 0 Å². The lowest BCUT2D eigenvalue weighted by atomic mass is 10.1. The molecule has 0 aliphatic rings. The molecule has 0 bridgehead atoms. The highest BCUT2D eigenvalue weighted by Crippen LogP contribution is 2.41. The van der Waals surface area contributed by atoms with Crippen molar-refractivity contribution in [2.45, 2.75) is 30.2 Å². The predicted molar refractivity (Wildman–Crippen MR) is 136 cm³/mol. The van der Waals surface area contributed by atoms with E-state index in [0.29, 0.717) is 31.0 Å². The molecule has 4 rings (SSSR count). The zero-order valence-corrected chi connectivity index (χ0v) is 22.0. The first-order valence-electron chi connectivity index (χ1n) is 9.78. The molecule has 11 heteroatoms. The summed E-state index contributed by atoms with van der Waals surface area (Å²) in [5.41, 5.74) is 3.95. The Labute approximate surface area is 218 Å². The van der Waals surface area contributed by atoms with Crippen LogP contribution < -0.4 is 0 Å². The summed E-state index contributed by atoms with van der Waals surface area (Å²) in [6.07, 6.45) is 2.10. The molecule has 0 radical (unpaired) electrons. The molecule has 0 saturated heterocycles. The molecule has 0 unspecified atom stereocenters. The third kappa shape index (κ3) is 6.27. The fourth-order valence-electron chi connectivity index (χ4n) is 3.06. The van der Waals surface area contributed by atoms with Crippen LogP contribution in [0, 0.1) is 12.7 Å². The van der Waals surface area contributed by atoms with Gasteiger partial charge in [0.25, 0.3) is 0 Å². The molecule has 0 fully saturated rings. The van der Waals surface area contributed by atoms with Gasteiger partial charge in [0.05, 0.1) is 25.6 Å².